The maximum atomic E-state index is 13.3. The molecule has 0 aliphatic rings. The lowest BCUT2D eigenvalue weighted by Crippen LogP contribution is -2.00. The van der Waals surface area contributed by atoms with Gasteiger partial charge in [-0.05, 0) is 19.1 Å². The van der Waals surface area contributed by atoms with Gasteiger partial charge in [0.15, 0.2) is 5.78 Å². The zero-order chi connectivity index (χ0) is 11.3. The molecule has 0 aromatic heterocycles. The third kappa shape index (κ3) is 3.10. The fraction of sp³-hybridized carbons (Fsp3) is 0.250. The van der Waals surface area contributed by atoms with Gasteiger partial charge in [-0.2, -0.15) is 0 Å². The Balaban J connectivity index is 2.74. The summed E-state index contributed by atoms with van der Waals surface area (Å²) in [6.45, 7) is 1.66. The van der Waals surface area contributed by atoms with Crippen molar-refractivity contribution < 1.29 is 13.9 Å². The first-order valence-electron chi connectivity index (χ1n) is 4.52. The van der Waals surface area contributed by atoms with Crippen molar-refractivity contribution in [3.05, 3.63) is 29.6 Å². The summed E-state index contributed by atoms with van der Waals surface area (Å²) >= 11 is 0. The van der Waals surface area contributed by atoms with E-state index < -0.39 is 5.82 Å². The van der Waals surface area contributed by atoms with Crippen LogP contribution in [0.1, 0.15) is 23.7 Å². The highest BCUT2D eigenvalue weighted by molar-refractivity contribution is 5.94. The van der Waals surface area contributed by atoms with Crippen LogP contribution in [0.4, 0.5) is 4.39 Å². The molecule has 1 aromatic rings. The van der Waals surface area contributed by atoms with E-state index in [1.165, 1.54) is 19.1 Å². The van der Waals surface area contributed by atoms with Crippen molar-refractivity contribution in [2.75, 3.05) is 6.61 Å². The van der Waals surface area contributed by atoms with Crippen molar-refractivity contribution in [3.8, 4) is 18.1 Å². The summed E-state index contributed by atoms with van der Waals surface area (Å²) in [6, 6.07) is 4.15. The average molecular weight is 206 g/mol. The number of hydrogen-bond donors (Lipinski definition) is 0. The van der Waals surface area contributed by atoms with Crippen LogP contribution in [0.5, 0.6) is 5.75 Å². The number of terminal acetylenes is 1. The molecule has 0 radical (unpaired) electrons. The Morgan fingerprint density at radius 3 is 2.87 bits per heavy atom. The fourth-order valence-electron chi connectivity index (χ4n) is 1.10. The number of rotatable bonds is 4. The Hall–Kier alpha value is -1.82. The molecular weight excluding hydrogens is 195 g/mol. The van der Waals surface area contributed by atoms with Gasteiger partial charge in [0.05, 0.1) is 12.2 Å². The molecule has 0 amide bonds. The second-order valence-corrected chi connectivity index (χ2v) is 3.00. The summed E-state index contributed by atoms with van der Waals surface area (Å²) in [5, 5.41) is 0. The van der Waals surface area contributed by atoms with Gasteiger partial charge in [-0.25, -0.2) is 4.39 Å². The van der Waals surface area contributed by atoms with Crippen molar-refractivity contribution in [2.45, 2.75) is 13.3 Å². The van der Waals surface area contributed by atoms with Gasteiger partial charge in [0.2, 0.25) is 0 Å². The van der Waals surface area contributed by atoms with Crippen LogP contribution in [0, 0.1) is 18.2 Å². The molecular formula is C12H11FO2. The number of halogens is 1. The van der Waals surface area contributed by atoms with E-state index in [9.17, 15) is 9.18 Å². The fourth-order valence-corrected chi connectivity index (χ4v) is 1.10. The topological polar surface area (TPSA) is 26.3 Å². The van der Waals surface area contributed by atoms with Crippen molar-refractivity contribution in [2.24, 2.45) is 0 Å². The van der Waals surface area contributed by atoms with Crippen LogP contribution in [0.2, 0.25) is 0 Å². The van der Waals surface area contributed by atoms with Crippen LogP contribution in [0.15, 0.2) is 18.2 Å². The van der Waals surface area contributed by atoms with Crippen LogP contribution in [0.25, 0.3) is 0 Å². The van der Waals surface area contributed by atoms with E-state index in [4.69, 9.17) is 11.2 Å². The molecule has 0 aliphatic heterocycles. The first-order valence-corrected chi connectivity index (χ1v) is 4.52. The summed E-state index contributed by atoms with van der Waals surface area (Å²) in [6.07, 6.45) is 5.51. The molecule has 0 fully saturated rings. The number of hydrogen-bond acceptors (Lipinski definition) is 2. The van der Waals surface area contributed by atoms with Gasteiger partial charge in [-0.3, -0.25) is 4.79 Å². The van der Waals surface area contributed by atoms with E-state index in [1.807, 2.05) is 0 Å². The summed E-state index contributed by atoms with van der Waals surface area (Å²) in [5.74, 6) is 1.92. The van der Waals surface area contributed by atoms with Gasteiger partial charge in [0.25, 0.3) is 0 Å². The number of ketones is 1. The zero-order valence-electron chi connectivity index (χ0n) is 8.42. The summed E-state index contributed by atoms with van der Waals surface area (Å²) < 4.78 is 18.4. The largest absolute Gasteiger partial charge is 0.492 e. The molecule has 78 valence electrons. The normalized spacial score (nSPS) is 9.40. The molecule has 0 spiro atoms. The predicted molar refractivity (Wildman–Crippen MR) is 55.3 cm³/mol. The first-order chi connectivity index (χ1) is 7.15. The highest BCUT2D eigenvalue weighted by Gasteiger charge is 2.07. The number of Topliss-reactive ketones (excluding diaryl/α,β-unsaturated/α-hetero) is 1. The Morgan fingerprint density at radius 2 is 2.33 bits per heavy atom. The Bertz CT molecular complexity index is 405. The average Bonchev–Trinajstić information content (AvgIpc) is 2.17. The van der Waals surface area contributed by atoms with Gasteiger partial charge in [0.1, 0.15) is 11.6 Å². The summed E-state index contributed by atoms with van der Waals surface area (Å²) in [5.41, 5.74) is 0.0688. The SMILES string of the molecule is C#CCCOc1ccc(C(C)=O)c(F)c1. The molecule has 0 unspecified atom stereocenters. The van der Waals surface area contributed by atoms with Crippen LogP contribution in [-0.4, -0.2) is 12.4 Å². The minimum absolute atomic E-state index is 0.0688. The van der Waals surface area contributed by atoms with E-state index in [-0.39, 0.29) is 11.3 Å². The predicted octanol–water partition coefficient (Wildman–Crippen LogP) is 2.43. The number of ether oxygens (including phenoxy) is 1. The smallest absolute Gasteiger partial charge is 0.162 e. The highest BCUT2D eigenvalue weighted by atomic mass is 19.1. The number of carbonyl (C=O) groups excluding carboxylic acids is 1. The summed E-state index contributed by atoms with van der Waals surface area (Å²) in [7, 11) is 0. The van der Waals surface area contributed by atoms with Gasteiger partial charge >= 0.3 is 0 Å². The molecule has 0 saturated carbocycles. The minimum Gasteiger partial charge on any atom is -0.492 e. The molecule has 0 atom stereocenters. The Morgan fingerprint density at radius 1 is 1.60 bits per heavy atom. The molecule has 0 saturated heterocycles. The second kappa shape index (κ2) is 5.16. The van der Waals surface area contributed by atoms with Gasteiger partial charge in [0, 0.05) is 12.5 Å². The third-order valence-electron chi connectivity index (χ3n) is 1.83. The lowest BCUT2D eigenvalue weighted by atomic mass is 10.1. The molecule has 15 heavy (non-hydrogen) atoms. The van der Waals surface area contributed by atoms with Crippen molar-refractivity contribution in [3.63, 3.8) is 0 Å². The Labute approximate surface area is 88.1 Å². The van der Waals surface area contributed by atoms with E-state index in [0.717, 1.165) is 0 Å². The quantitative estimate of drug-likeness (QED) is 0.429. The van der Waals surface area contributed by atoms with E-state index in [2.05, 4.69) is 5.92 Å². The van der Waals surface area contributed by atoms with Crippen molar-refractivity contribution >= 4 is 5.78 Å². The molecule has 1 aromatic carbocycles. The lowest BCUT2D eigenvalue weighted by molar-refractivity contribution is 0.101. The van der Waals surface area contributed by atoms with Crippen LogP contribution >= 0.6 is 0 Å². The maximum absolute atomic E-state index is 13.3. The van der Waals surface area contributed by atoms with Crippen LogP contribution in [-0.2, 0) is 0 Å². The third-order valence-corrected chi connectivity index (χ3v) is 1.83. The molecule has 0 bridgehead atoms. The van der Waals surface area contributed by atoms with Crippen molar-refractivity contribution in [1.82, 2.24) is 0 Å². The monoisotopic (exact) mass is 206 g/mol. The van der Waals surface area contributed by atoms with Crippen LogP contribution in [0.3, 0.4) is 0 Å². The van der Waals surface area contributed by atoms with Crippen molar-refractivity contribution in [1.29, 1.82) is 0 Å². The van der Waals surface area contributed by atoms with E-state index >= 15 is 0 Å². The minimum atomic E-state index is -0.569. The molecule has 1 rings (SSSR count). The molecule has 3 heteroatoms. The molecule has 0 aliphatic carbocycles. The first kappa shape index (κ1) is 11.3. The van der Waals surface area contributed by atoms with E-state index in [0.29, 0.717) is 18.8 Å². The molecule has 2 nitrogen and oxygen atoms in total. The standard InChI is InChI=1S/C12H11FO2/c1-3-4-7-15-10-5-6-11(9(2)14)12(13)8-10/h1,5-6,8H,4,7H2,2H3. The zero-order valence-corrected chi connectivity index (χ0v) is 8.42. The number of benzene rings is 1. The summed E-state index contributed by atoms with van der Waals surface area (Å²) in [4.78, 5) is 10.9. The Kier molecular flexibility index (Phi) is 3.87. The van der Waals surface area contributed by atoms with Gasteiger partial charge in [-0.1, -0.05) is 0 Å². The highest BCUT2D eigenvalue weighted by Crippen LogP contribution is 2.17. The molecule has 0 N–H and O–H groups in total. The number of carbonyl (C=O) groups is 1. The van der Waals surface area contributed by atoms with Crippen LogP contribution < -0.4 is 4.74 Å². The second-order valence-electron chi connectivity index (χ2n) is 3.00. The van der Waals surface area contributed by atoms with Gasteiger partial charge < -0.3 is 4.74 Å². The lowest BCUT2D eigenvalue weighted by Gasteiger charge is -2.05. The molecule has 0 heterocycles. The van der Waals surface area contributed by atoms with E-state index in [1.54, 1.807) is 6.07 Å². The van der Waals surface area contributed by atoms with Gasteiger partial charge in [-0.15, -0.1) is 12.3 Å². The maximum Gasteiger partial charge on any atom is 0.162 e.